The third kappa shape index (κ3) is 3.79. The number of aliphatic hydroxyl groups excluding tert-OH is 1. The van der Waals surface area contributed by atoms with Crippen molar-refractivity contribution < 1.29 is 28.9 Å². The van der Waals surface area contributed by atoms with Crippen molar-refractivity contribution in [2.24, 2.45) is 50.2 Å². The Morgan fingerprint density at radius 2 is 1.79 bits per heavy atom. The van der Waals surface area contributed by atoms with Gasteiger partial charge in [0.05, 0.1) is 12.2 Å². The monoisotopic (exact) mass is 598 g/mol. The van der Waals surface area contributed by atoms with Gasteiger partial charge in [-0.3, -0.25) is 9.59 Å². The summed E-state index contributed by atoms with van der Waals surface area (Å²) in [5.74, 6) is -0.000279. The lowest BCUT2D eigenvalue weighted by molar-refractivity contribution is -0.323. The molecular weight excluding hydrogens is 540 g/mol. The van der Waals surface area contributed by atoms with Crippen LogP contribution in [0.4, 0.5) is 0 Å². The first kappa shape index (κ1) is 33.0. The number of methoxy groups -OCH3 is 1. The predicted octanol–water partition coefficient (Wildman–Crippen LogP) is 7.09. The quantitative estimate of drug-likeness (QED) is 0.352. The largest absolute Gasteiger partial charge is 0.388 e. The second-order valence-electron chi connectivity index (χ2n) is 17.4. The summed E-state index contributed by atoms with van der Waals surface area (Å²) in [7, 11) is 1.82. The SMILES string of the molecule is CCCC(C)C1O[C@@H]2C[C@H]3[C@]4(C)CCC5=CC(=O)C=C[C@]5(C(C)(C)C)[C@H]4[C@@H](OC)C(C)(C)[C@]3(C(C)(C)C)[C@]2(C(=O)CO)O1. The number of allylic oxidation sites excluding steroid dienone is 4. The topological polar surface area (TPSA) is 82.1 Å². The molecule has 0 bridgehead atoms. The minimum Gasteiger partial charge on any atom is -0.388 e. The lowest BCUT2D eigenvalue weighted by atomic mass is 9.29. The molecule has 0 aromatic carbocycles. The summed E-state index contributed by atoms with van der Waals surface area (Å²) in [6.07, 6.45) is 8.96. The fraction of sp³-hybridized carbons (Fsp3) is 0.838. The minimum absolute atomic E-state index is 0.0414. The number of aliphatic hydroxyl groups is 1. The van der Waals surface area contributed by atoms with E-state index in [1.54, 1.807) is 6.08 Å². The minimum atomic E-state index is -1.31. The maximum Gasteiger partial charge on any atom is 0.193 e. The summed E-state index contributed by atoms with van der Waals surface area (Å²) in [4.78, 5) is 27.3. The molecule has 0 spiro atoms. The van der Waals surface area contributed by atoms with E-state index in [1.807, 2.05) is 13.2 Å². The van der Waals surface area contributed by atoms with Crippen LogP contribution in [0.5, 0.6) is 0 Å². The van der Waals surface area contributed by atoms with Gasteiger partial charge in [-0.05, 0) is 60.0 Å². The van der Waals surface area contributed by atoms with Gasteiger partial charge in [0.15, 0.2) is 23.5 Å². The van der Waals surface area contributed by atoms with Gasteiger partial charge in [0.2, 0.25) is 0 Å². The van der Waals surface area contributed by atoms with Gasteiger partial charge in [-0.25, -0.2) is 0 Å². The van der Waals surface area contributed by atoms with Crippen molar-refractivity contribution in [3.8, 4) is 0 Å². The third-order valence-corrected chi connectivity index (χ3v) is 13.4. The Hall–Kier alpha value is -1.34. The van der Waals surface area contributed by atoms with Gasteiger partial charge in [-0.2, -0.15) is 0 Å². The molecule has 4 aliphatic carbocycles. The zero-order chi connectivity index (χ0) is 32.2. The predicted molar refractivity (Wildman–Crippen MR) is 168 cm³/mol. The van der Waals surface area contributed by atoms with Gasteiger partial charge in [-0.15, -0.1) is 0 Å². The fourth-order valence-electron chi connectivity index (χ4n) is 12.5. The summed E-state index contributed by atoms with van der Waals surface area (Å²) in [6.45, 7) is 24.4. The van der Waals surface area contributed by atoms with E-state index in [0.717, 1.165) is 25.7 Å². The van der Waals surface area contributed by atoms with E-state index in [0.29, 0.717) is 6.42 Å². The molecule has 6 heteroatoms. The number of fused-ring (bicyclic) bond motifs is 7. The molecule has 1 aliphatic heterocycles. The maximum absolute atomic E-state index is 14.5. The Bertz CT molecular complexity index is 1220. The molecule has 3 saturated carbocycles. The average molecular weight is 599 g/mol. The molecule has 0 amide bonds. The van der Waals surface area contributed by atoms with Crippen LogP contribution in [-0.4, -0.2) is 54.5 Å². The molecule has 4 fully saturated rings. The summed E-state index contributed by atoms with van der Waals surface area (Å²) >= 11 is 0. The van der Waals surface area contributed by atoms with Crippen LogP contribution >= 0.6 is 0 Å². The van der Waals surface area contributed by atoms with Crippen LogP contribution < -0.4 is 0 Å². The summed E-state index contributed by atoms with van der Waals surface area (Å²) in [5, 5.41) is 10.7. The molecule has 242 valence electrons. The first-order chi connectivity index (χ1) is 19.8. The highest BCUT2D eigenvalue weighted by molar-refractivity contribution is 6.01. The number of ether oxygens (including phenoxy) is 3. The molecule has 5 rings (SSSR count). The van der Waals surface area contributed by atoms with E-state index in [9.17, 15) is 14.7 Å². The first-order valence-corrected chi connectivity index (χ1v) is 16.7. The van der Waals surface area contributed by atoms with Crippen molar-refractivity contribution >= 4 is 11.6 Å². The van der Waals surface area contributed by atoms with E-state index in [-0.39, 0.29) is 46.3 Å². The Kier molecular flexibility index (Phi) is 7.74. The number of ketones is 2. The van der Waals surface area contributed by atoms with Crippen LogP contribution in [0, 0.1) is 50.2 Å². The Balaban J connectivity index is 1.84. The van der Waals surface area contributed by atoms with Gasteiger partial charge in [0, 0.05) is 35.2 Å². The van der Waals surface area contributed by atoms with Crippen molar-refractivity contribution in [1.29, 1.82) is 0 Å². The van der Waals surface area contributed by atoms with Crippen molar-refractivity contribution in [2.75, 3.05) is 13.7 Å². The molecule has 1 N–H and O–H groups in total. The Morgan fingerprint density at radius 3 is 2.33 bits per heavy atom. The molecule has 10 atom stereocenters. The summed E-state index contributed by atoms with van der Waals surface area (Å²) in [5.41, 5.74) is -2.70. The average Bonchev–Trinajstić information content (AvgIpc) is 3.42. The molecule has 1 saturated heterocycles. The smallest absolute Gasteiger partial charge is 0.193 e. The Labute approximate surface area is 260 Å². The van der Waals surface area contributed by atoms with Crippen molar-refractivity contribution in [1.82, 2.24) is 0 Å². The van der Waals surface area contributed by atoms with Crippen LogP contribution in [0.15, 0.2) is 23.8 Å². The normalized spacial score (nSPS) is 44.3. The number of Topliss-reactive ketones (excluding diaryl/α,β-unsaturated/α-hetero) is 1. The van der Waals surface area contributed by atoms with Crippen molar-refractivity contribution in [3.05, 3.63) is 23.8 Å². The maximum atomic E-state index is 14.5. The van der Waals surface area contributed by atoms with Crippen LogP contribution in [0.1, 0.15) is 108 Å². The molecule has 6 nitrogen and oxygen atoms in total. The van der Waals surface area contributed by atoms with Gasteiger partial charge < -0.3 is 19.3 Å². The zero-order valence-corrected chi connectivity index (χ0v) is 28.9. The van der Waals surface area contributed by atoms with Gasteiger partial charge in [0.1, 0.15) is 6.61 Å². The molecular formula is C37H58O6. The van der Waals surface area contributed by atoms with Crippen LogP contribution in [0.3, 0.4) is 0 Å². The fourth-order valence-corrected chi connectivity index (χ4v) is 12.5. The molecule has 2 unspecified atom stereocenters. The highest BCUT2D eigenvalue weighted by Gasteiger charge is 2.87. The van der Waals surface area contributed by atoms with E-state index in [4.69, 9.17) is 14.2 Å². The zero-order valence-electron chi connectivity index (χ0n) is 28.9. The molecule has 1 heterocycles. The molecule has 0 aromatic heterocycles. The molecule has 0 aromatic rings. The first-order valence-electron chi connectivity index (χ1n) is 16.7. The number of rotatable bonds is 6. The highest BCUT2D eigenvalue weighted by atomic mass is 16.7. The van der Waals surface area contributed by atoms with Gasteiger partial charge in [-0.1, -0.05) is 94.2 Å². The van der Waals surface area contributed by atoms with E-state index in [1.165, 1.54) is 5.57 Å². The van der Waals surface area contributed by atoms with E-state index >= 15 is 0 Å². The highest BCUT2D eigenvalue weighted by Crippen LogP contribution is 2.83. The molecule has 0 radical (unpaired) electrons. The number of hydrogen-bond acceptors (Lipinski definition) is 6. The van der Waals surface area contributed by atoms with E-state index in [2.05, 4.69) is 82.2 Å². The van der Waals surface area contributed by atoms with Gasteiger partial charge in [0.25, 0.3) is 0 Å². The second kappa shape index (κ2) is 10.1. The second-order valence-corrected chi connectivity index (χ2v) is 17.4. The van der Waals surface area contributed by atoms with Gasteiger partial charge >= 0.3 is 0 Å². The number of carbonyl (C=O) groups excluding carboxylic acids is 2. The lowest BCUT2D eigenvalue weighted by Gasteiger charge is -2.76. The van der Waals surface area contributed by atoms with Crippen molar-refractivity contribution in [3.63, 3.8) is 0 Å². The van der Waals surface area contributed by atoms with E-state index < -0.39 is 46.3 Å². The van der Waals surface area contributed by atoms with Crippen LogP contribution in [0.25, 0.3) is 0 Å². The summed E-state index contributed by atoms with van der Waals surface area (Å²) < 4.78 is 20.8. The Morgan fingerprint density at radius 1 is 1.14 bits per heavy atom. The van der Waals surface area contributed by atoms with Crippen LogP contribution in [-0.2, 0) is 23.8 Å². The number of hydrogen-bond donors (Lipinski definition) is 1. The summed E-state index contributed by atoms with van der Waals surface area (Å²) in [6, 6.07) is 0. The van der Waals surface area contributed by atoms with Crippen LogP contribution in [0.2, 0.25) is 0 Å². The van der Waals surface area contributed by atoms with Crippen molar-refractivity contribution in [2.45, 2.75) is 132 Å². The third-order valence-electron chi connectivity index (χ3n) is 13.4. The molecule has 43 heavy (non-hydrogen) atoms. The standard InChI is InChI=1S/C37H58O6/c1-13-14-22(2)30-42-27-20-25-34(11)17-15-23-19-24(39)16-18-35(23,31(3,4)5)28(34)29(41-12)33(9,10)37(25,32(6,7)8)36(27,43-30)26(40)21-38/h16,18-19,22,25,27-30,38H,13-15,17,20-21H2,1-12H3/t22?,25-,27+,28-,29+,30?,34-,35+,36+,37-/m0/s1. The number of carbonyl (C=O) groups is 2. The molecule has 5 aliphatic rings. The lowest BCUT2D eigenvalue weighted by Crippen LogP contribution is -2.78.